The van der Waals surface area contributed by atoms with Crippen molar-refractivity contribution in [3.63, 3.8) is 0 Å². The van der Waals surface area contributed by atoms with Crippen LogP contribution in [0, 0.1) is 31.0 Å². The number of halogens is 1. The van der Waals surface area contributed by atoms with Crippen LogP contribution < -0.4 is 15.4 Å². The molecule has 0 saturated carbocycles. The van der Waals surface area contributed by atoms with Crippen LogP contribution in [0.25, 0.3) is 6.08 Å². The van der Waals surface area contributed by atoms with Crippen LogP contribution in [0.2, 0.25) is 0 Å². The van der Waals surface area contributed by atoms with Crippen molar-refractivity contribution in [3.8, 4) is 11.8 Å². The maximum atomic E-state index is 13.0. The average Bonchev–Trinajstić information content (AvgIpc) is 2.80. The van der Waals surface area contributed by atoms with Gasteiger partial charge in [0, 0.05) is 11.4 Å². The second-order valence-corrected chi connectivity index (χ2v) is 7.36. The number of amides is 2. The van der Waals surface area contributed by atoms with Gasteiger partial charge in [0.25, 0.3) is 11.8 Å². The number of nitriles is 1. The van der Waals surface area contributed by atoms with Crippen molar-refractivity contribution in [2.45, 2.75) is 13.8 Å². The Balaban J connectivity index is 1.58. The number of hydrogen-bond donors (Lipinski definition) is 2. The highest BCUT2D eigenvalue weighted by molar-refractivity contribution is 6.09. The number of aryl methyl sites for hydroxylation is 2. The third-order valence-corrected chi connectivity index (χ3v) is 4.70. The van der Waals surface area contributed by atoms with Crippen molar-refractivity contribution in [3.05, 3.63) is 94.8 Å². The predicted molar refractivity (Wildman–Crippen MR) is 125 cm³/mol. The Kier molecular flexibility index (Phi) is 7.55. The fraction of sp³-hybridized carbons (Fsp3) is 0.115. The third-order valence-electron chi connectivity index (χ3n) is 4.70. The van der Waals surface area contributed by atoms with E-state index in [2.05, 4.69) is 10.6 Å². The summed E-state index contributed by atoms with van der Waals surface area (Å²) < 4.78 is 18.5. The molecule has 2 amide bonds. The van der Waals surface area contributed by atoms with Crippen LogP contribution in [0.15, 0.2) is 72.3 Å². The highest BCUT2D eigenvalue weighted by Gasteiger charge is 2.10. The lowest BCUT2D eigenvalue weighted by Crippen LogP contribution is -2.20. The van der Waals surface area contributed by atoms with Gasteiger partial charge in [0.1, 0.15) is 23.2 Å². The van der Waals surface area contributed by atoms with Gasteiger partial charge in [-0.3, -0.25) is 9.59 Å². The monoisotopic (exact) mass is 443 g/mol. The molecule has 0 spiro atoms. The molecule has 0 heterocycles. The van der Waals surface area contributed by atoms with E-state index in [1.165, 1.54) is 30.3 Å². The van der Waals surface area contributed by atoms with Gasteiger partial charge in [-0.1, -0.05) is 24.3 Å². The van der Waals surface area contributed by atoms with E-state index in [1.54, 1.807) is 24.3 Å². The quantitative estimate of drug-likeness (QED) is 0.397. The number of carbonyl (C=O) groups is 2. The van der Waals surface area contributed by atoms with Crippen molar-refractivity contribution in [2.75, 3.05) is 17.2 Å². The first-order valence-electron chi connectivity index (χ1n) is 10.1. The molecule has 2 N–H and O–H groups in total. The van der Waals surface area contributed by atoms with Crippen molar-refractivity contribution in [1.29, 1.82) is 5.26 Å². The molecule has 33 heavy (non-hydrogen) atoms. The maximum Gasteiger partial charge on any atom is 0.266 e. The number of anilines is 2. The molecular formula is C26H22FN3O3. The maximum absolute atomic E-state index is 13.0. The number of ether oxygens (including phenoxy) is 1. The van der Waals surface area contributed by atoms with Crippen molar-refractivity contribution in [2.24, 2.45) is 0 Å². The number of rotatable bonds is 7. The Bertz CT molecular complexity index is 1230. The van der Waals surface area contributed by atoms with Gasteiger partial charge in [-0.2, -0.15) is 5.26 Å². The topological polar surface area (TPSA) is 91.2 Å². The lowest BCUT2D eigenvalue weighted by atomic mass is 10.1. The normalized spacial score (nSPS) is 10.8. The third kappa shape index (κ3) is 6.77. The molecule has 0 aliphatic rings. The number of hydrogen-bond acceptors (Lipinski definition) is 4. The molecule has 0 saturated heterocycles. The molecular weight excluding hydrogens is 421 g/mol. The summed E-state index contributed by atoms with van der Waals surface area (Å²) >= 11 is 0. The van der Waals surface area contributed by atoms with Crippen molar-refractivity contribution < 1.29 is 18.7 Å². The first-order chi connectivity index (χ1) is 15.8. The van der Waals surface area contributed by atoms with E-state index in [1.807, 2.05) is 38.1 Å². The van der Waals surface area contributed by atoms with Crippen LogP contribution in [-0.4, -0.2) is 18.4 Å². The van der Waals surface area contributed by atoms with E-state index in [4.69, 9.17) is 4.74 Å². The van der Waals surface area contributed by atoms with Crippen LogP contribution in [0.3, 0.4) is 0 Å². The van der Waals surface area contributed by atoms with Crippen LogP contribution in [0.1, 0.15) is 16.7 Å². The Morgan fingerprint density at radius 1 is 1.00 bits per heavy atom. The first kappa shape index (κ1) is 23.2. The van der Waals surface area contributed by atoms with Crippen LogP contribution in [-0.2, 0) is 9.59 Å². The number of nitrogens with one attached hydrogen (secondary N) is 2. The molecule has 6 nitrogen and oxygen atoms in total. The second kappa shape index (κ2) is 10.7. The van der Waals surface area contributed by atoms with Gasteiger partial charge in [-0.15, -0.1) is 0 Å². The molecule has 3 aromatic rings. The van der Waals surface area contributed by atoms with E-state index in [9.17, 15) is 19.2 Å². The lowest BCUT2D eigenvalue weighted by molar-refractivity contribution is -0.118. The minimum Gasteiger partial charge on any atom is -0.484 e. The SMILES string of the molecule is Cc1ccc(C)c(NC(=O)COc2ccc(/C=C(\C#N)C(=O)Nc3ccc(F)cc3)cc2)c1. The molecule has 166 valence electrons. The number of carbonyl (C=O) groups excluding carboxylic acids is 2. The summed E-state index contributed by atoms with van der Waals surface area (Å²) in [6, 6.07) is 19.5. The average molecular weight is 443 g/mol. The van der Waals surface area contributed by atoms with Gasteiger partial charge in [0.05, 0.1) is 0 Å². The Morgan fingerprint density at radius 2 is 1.70 bits per heavy atom. The van der Waals surface area contributed by atoms with Gasteiger partial charge < -0.3 is 15.4 Å². The standard InChI is InChI=1S/C26H22FN3O3/c1-17-3-4-18(2)24(13-17)30-25(31)16-33-23-11-5-19(6-12-23)14-20(15-28)26(32)29-22-9-7-21(27)8-10-22/h3-14H,16H2,1-2H3,(H,29,32)(H,30,31)/b20-14+. The second-order valence-electron chi connectivity index (χ2n) is 7.36. The summed E-state index contributed by atoms with van der Waals surface area (Å²) in [5.74, 6) is -0.837. The minimum atomic E-state index is -0.604. The zero-order chi connectivity index (χ0) is 23.8. The van der Waals surface area contributed by atoms with Crippen LogP contribution in [0.4, 0.5) is 15.8 Å². The highest BCUT2D eigenvalue weighted by Crippen LogP contribution is 2.18. The zero-order valence-electron chi connectivity index (χ0n) is 18.2. The van der Waals surface area contributed by atoms with E-state index in [0.29, 0.717) is 17.0 Å². The fourth-order valence-electron chi connectivity index (χ4n) is 2.91. The van der Waals surface area contributed by atoms with Gasteiger partial charge in [-0.05, 0) is 79.1 Å². The molecule has 0 atom stereocenters. The van der Waals surface area contributed by atoms with Crippen molar-refractivity contribution in [1.82, 2.24) is 0 Å². The zero-order valence-corrected chi connectivity index (χ0v) is 18.2. The first-order valence-corrected chi connectivity index (χ1v) is 10.1. The Hall–Kier alpha value is -4.44. The summed E-state index contributed by atoms with van der Waals surface area (Å²) in [7, 11) is 0. The molecule has 0 aliphatic heterocycles. The van der Waals surface area contributed by atoms with E-state index in [-0.39, 0.29) is 18.1 Å². The fourth-order valence-corrected chi connectivity index (χ4v) is 2.91. The van der Waals surface area contributed by atoms with Crippen LogP contribution >= 0.6 is 0 Å². The van der Waals surface area contributed by atoms with Gasteiger partial charge in [0.2, 0.25) is 0 Å². The molecule has 7 heteroatoms. The molecule has 0 fully saturated rings. The van der Waals surface area contributed by atoms with Crippen LogP contribution in [0.5, 0.6) is 5.75 Å². The van der Waals surface area contributed by atoms with Crippen molar-refractivity contribution >= 4 is 29.3 Å². The minimum absolute atomic E-state index is 0.110. The molecule has 0 radical (unpaired) electrons. The molecule has 0 aliphatic carbocycles. The summed E-state index contributed by atoms with van der Waals surface area (Å²) in [5, 5.41) is 14.7. The van der Waals surface area contributed by atoms with E-state index in [0.717, 1.165) is 16.8 Å². The number of benzene rings is 3. The highest BCUT2D eigenvalue weighted by atomic mass is 19.1. The lowest BCUT2D eigenvalue weighted by Gasteiger charge is -2.10. The van der Waals surface area contributed by atoms with E-state index < -0.39 is 11.7 Å². The molecule has 0 aromatic heterocycles. The Labute approximate surface area is 191 Å². The largest absolute Gasteiger partial charge is 0.484 e. The number of nitrogens with zero attached hydrogens (tertiary/aromatic N) is 1. The molecule has 3 rings (SSSR count). The van der Waals surface area contributed by atoms with Gasteiger partial charge >= 0.3 is 0 Å². The summed E-state index contributed by atoms with van der Waals surface area (Å²) in [4.78, 5) is 24.5. The molecule has 0 unspecified atom stereocenters. The predicted octanol–water partition coefficient (Wildman–Crippen LogP) is 5.01. The summed E-state index contributed by atoms with van der Waals surface area (Å²) in [6.07, 6.45) is 1.43. The summed E-state index contributed by atoms with van der Waals surface area (Å²) in [6.45, 7) is 3.70. The Morgan fingerprint density at radius 3 is 2.36 bits per heavy atom. The summed E-state index contributed by atoms with van der Waals surface area (Å²) in [5.41, 5.74) is 3.62. The molecule has 0 bridgehead atoms. The smallest absolute Gasteiger partial charge is 0.266 e. The van der Waals surface area contributed by atoms with E-state index >= 15 is 0 Å². The van der Waals surface area contributed by atoms with Gasteiger partial charge in [-0.25, -0.2) is 4.39 Å². The molecule has 3 aromatic carbocycles. The van der Waals surface area contributed by atoms with Gasteiger partial charge in [0.15, 0.2) is 6.61 Å².